The van der Waals surface area contributed by atoms with E-state index in [-0.39, 0.29) is 6.15 Å². The zero-order chi connectivity index (χ0) is 2.99. The highest BCUT2D eigenvalue weighted by atomic mass is 79.9. The molecule has 0 radical (unpaired) electrons. The van der Waals surface area contributed by atoms with Crippen LogP contribution in [0.5, 0.6) is 0 Å². The fourth-order valence-corrected chi connectivity index (χ4v) is 0.327. The standard InChI is InChI=1S/C3H5Br.H3N/c4-3-1-2-3;/h3H,1-2H2;1H3. The fourth-order valence-electron chi connectivity index (χ4n) is 0.0630. The van der Waals surface area contributed by atoms with Crippen LogP contribution in [0.3, 0.4) is 0 Å². The third-order valence-electron chi connectivity index (χ3n) is 0.507. The smallest absolute Gasteiger partial charge is 0.0146 e. The second kappa shape index (κ2) is 1.78. The van der Waals surface area contributed by atoms with Crippen molar-refractivity contribution in [3.63, 3.8) is 0 Å². The van der Waals surface area contributed by atoms with Gasteiger partial charge in [-0.1, -0.05) is 15.9 Å². The van der Waals surface area contributed by atoms with Crippen molar-refractivity contribution >= 4 is 15.9 Å². The summed E-state index contributed by atoms with van der Waals surface area (Å²) in [7, 11) is 0. The predicted molar refractivity (Wildman–Crippen MR) is 27.0 cm³/mol. The van der Waals surface area contributed by atoms with Crippen molar-refractivity contribution in [1.29, 1.82) is 0 Å². The van der Waals surface area contributed by atoms with Crippen LogP contribution in [-0.2, 0) is 0 Å². The molecule has 0 bridgehead atoms. The Kier molecular flexibility index (Phi) is 1.93. The van der Waals surface area contributed by atoms with Gasteiger partial charge in [-0.3, -0.25) is 0 Å². The Bertz CT molecular complexity index is 26.1. The first-order valence-electron chi connectivity index (χ1n) is 1.53. The van der Waals surface area contributed by atoms with E-state index in [1.165, 1.54) is 12.8 Å². The van der Waals surface area contributed by atoms with Gasteiger partial charge in [0.25, 0.3) is 0 Å². The second-order valence-corrected chi connectivity index (χ2v) is 2.47. The van der Waals surface area contributed by atoms with Gasteiger partial charge >= 0.3 is 0 Å². The van der Waals surface area contributed by atoms with Gasteiger partial charge in [-0.25, -0.2) is 0 Å². The minimum Gasteiger partial charge on any atom is -0.344 e. The van der Waals surface area contributed by atoms with Crippen LogP contribution >= 0.6 is 15.9 Å². The van der Waals surface area contributed by atoms with Crippen molar-refractivity contribution in [2.45, 2.75) is 17.7 Å². The third kappa shape index (κ3) is 2.23. The minimum absolute atomic E-state index is 0. The Morgan fingerprint density at radius 1 is 1.40 bits per heavy atom. The first kappa shape index (κ1) is 5.44. The van der Waals surface area contributed by atoms with Crippen molar-refractivity contribution in [1.82, 2.24) is 6.15 Å². The summed E-state index contributed by atoms with van der Waals surface area (Å²) in [5, 5.41) is 0. The zero-order valence-corrected chi connectivity index (χ0v) is 4.66. The molecular weight excluding hydrogens is 130 g/mol. The topological polar surface area (TPSA) is 35.0 Å². The normalized spacial score (nSPS) is 21.0. The summed E-state index contributed by atoms with van der Waals surface area (Å²) >= 11 is 3.38. The first-order chi connectivity index (χ1) is 1.89. The van der Waals surface area contributed by atoms with E-state index in [1.807, 2.05) is 0 Å². The van der Waals surface area contributed by atoms with Crippen molar-refractivity contribution in [3.05, 3.63) is 0 Å². The lowest BCUT2D eigenvalue weighted by molar-refractivity contribution is 1.50. The molecule has 1 aliphatic carbocycles. The molecule has 0 atom stereocenters. The quantitative estimate of drug-likeness (QED) is 0.508. The molecule has 1 saturated carbocycles. The van der Waals surface area contributed by atoms with Gasteiger partial charge in [0.1, 0.15) is 0 Å². The molecule has 0 aromatic rings. The number of hydrogen-bond acceptors (Lipinski definition) is 1. The van der Waals surface area contributed by atoms with E-state index in [0.29, 0.717) is 0 Å². The molecule has 0 unspecified atom stereocenters. The van der Waals surface area contributed by atoms with Crippen LogP contribution in [0.25, 0.3) is 0 Å². The summed E-state index contributed by atoms with van der Waals surface area (Å²) in [6, 6.07) is 0. The van der Waals surface area contributed by atoms with E-state index in [4.69, 9.17) is 0 Å². The molecule has 0 aliphatic heterocycles. The molecule has 0 spiro atoms. The molecule has 5 heavy (non-hydrogen) atoms. The van der Waals surface area contributed by atoms with Crippen LogP contribution in [-0.4, -0.2) is 4.83 Å². The maximum absolute atomic E-state index is 3.38. The van der Waals surface area contributed by atoms with E-state index < -0.39 is 0 Å². The van der Waals surface area contributed by atoms with Crippen LogP contribution in [0.15, 0.2) is 0 Å². The Morgan fingerprint density at radius 3 is 1.60 bits per heavy atom. The molecule has 1 rings (SSSR count). The van der Waals surface area contributed by atoms with Crippen molar-refractivity contribution in [2.24, 2.45) is 0 Å². The van der Waals surface area contributed by atoms with Crippen LogP contribution in [0.1, 0.15) is 12.8 Å². The summed E-state index contributed by atoms with van der Waals surface area (Å²) < 4.78 is 0. The number of hydrogen-bond donors (Lipinski definition) is 1. The summed E-state index contributed by atoms with van der Waals surface area (Å²) in [5.41, 5.74) is 0. The van der Waals surface area contributed by atoms with Crippen LogP contribution in [0.2, 0.25) is 0 Å². The van der Waals surface area contributed by atoms with Gasteiger partial charge in [-0.05, 0) is 12.8 Å². The summed E-state index contributed by atoms with van der Waals surface area (Å²) in [4.78, 5) is 0.896. The largest absolute Gasteiger partial charge is 0.344 e. The van der Waals surface area contributed by atoms with Crippen molar-refractivity contribution in [2.75, 3.05) is 0 Å². The summed E-state index contributed by atoms with van der Waals surface area (Å²) in [6.07, 6.45) is 2.81. The van der Waals surface area contributed by atoms with E-state index in [0.717, 1.165) is 4.83 Å². The molecule has 0 heterocycles. The Labute approximate surface area is 40.5 Å². The van der Waals surface area contributed by atoms with Crippen molar-refractivity contribution < 1.29 is 0 Å². The van der Waals surface area contributed by atoms with Crippen LogP contribution < -0.4 is 6.15 Å². The number of rotatable bonds is 0. The van der Waals surface area contributed by atoms with E-state index >= 15 is 0 Å². The molecule has 32 valence electrons. The van der Waals surface area contributed by atoms with Gasteiger partial charge in [0.05, 0.1) is 0 Å². The fraction of sp³-hybridized carbons (Fsp3) is 1.00. The monoisotopic (exact) mass is 137 g/mol. The van der Waals surface area contributed by atoms with Gasteiger partial charge < -0.3 is 6.15 Å². The van der Waals surface area contributed by atoms with E-state index in [1.54, 1.807) is 0 Å². The summed E-state index contributed by atoms with van der Waals surface area (Å²) in [6.45, 7) is 0. The molecule has 0 aromatic carbocycles. The third-order valence-corrected chi connectivity index (χ3v) is 1.42. The molecule has 1 aliphatic rings. The van der Waals surface area contributed by atoms with Gasteiger partial charge in [0.2, 0.25) is 0 Å². The second-order valence-electron chi connectivity index (χ2n) is 1.17. The number of halogens is 1. The molecule has 0 aromatic heterocycles. The van der Waals surface area contributed by atoms with Gasteiger partial charge in [-0.15, -0.1) is 0 Å². The van der Waals surface area contributed by atoms with E-state index in [2.05, 4.69) is 15.9 Å². The van der Waals surface area contributed by atoms with Crippen LogP contribution in [0.4, 0.5) is 0 Å². The Morgan fingerprint density at radius 2 is 1.60 bits per heavy atom. The lowest BCUT2D eigenvalue weighted by Crippen LogP contribution is -1.42. The van der Waals surface area contributed by atoms with Crippen molar-refractivity contribution in [3.8, 4) is 0 Å². The molecule has 3 N–H and O–H groups in total. The molecule has 1 nitrogen and oxygen atoms in total. The lowest BCUT2D eigenvalue weighted by Gasteiger charge is -1.50. The van der Waals surface area contributed by atoms with Gasteiger partial charge in [0, 0.05) is 4.83 Å². The molecule has 1 fully saturated rings. The average Bonchev–Trinajstić information content (AvgIpc) is 1.75. The summed E-state index contributed by atoms with van der Waals surface area (Å²) in [5.74, 6) is 0. The maximum Gasteiger partial charge on any atom is 0.0146 e. The van der Waals surface area contributed by atoms with Crippen LogP contribution in [0, 0.1) is 0 Å². The molecule has 0 amide bonds. The van der Waals surface area contributed by atoms with Gasteiger partial charge in [0.15, 0.2) is 0 Å². The minimum atomic E-state index is 0. The zero-order valence-electron chi connectivity index (χ0n) is 3.08. The highest BCUT2D eigenvalue weighted by Gasteiger charge is 2.15. The average molecular weight is 138 g/mol. The first-order valence-corrected chi connectivity index (χ1v) is 2.45. The van der Waals surface area contributed by atoms with Gasteiger partial charge in [-0.2, -0.15) is 0 Å². The molecule has 0 saturated heterocycles. The number of alkyl halides is 1. The Balaban J connectivity index is 0.000000160. The molecular formula is C3H8BrN. The SMILES string of the molecule is BrC1CC1.N. The Hall–Kier alpha value is 0.440. The lowest BCUT2D eigenvalue weighted by atomic mass is 11.0. The predicted octanol–water partition coefficient (Wildman–Crippen LogP) is 1.71. The maximum atomic E-state index is 3.38. The highest BCUT2D eigenvalue weighted by molar-refractivity contribution is 9.09. The highest BCUT2D eigenvalue weighted by Crippen LogP contribution is 2.27. The van der Waals surface area contributed by atoms with E-state index in [9.17, 15) is 0 Å². The molecule has 2 heteroatoms.